The fourth-order valence-corrected chi connectivity index (χ4v) is 1.55. The molecule has 6 nitrogen and oxygen atoms in total. The van der Waals surface area contributed by atoms with E-state index in [-0.39, 0.29) is 13.2 Å². The van der Waals surface area contributed by atoms with E-state index in [2.05, 4.69) is 5.92 Å². The molecule has 4 N–H and O–H groups in total. The highest BCUT2D eigenvalue weighted by atomic mass is 16.6. The normalized spacial score (nSPS) is 39.3. The van der Waals surface area contributed by atoms with Crippen molar-refractivity contribution in [1.82, 2.24) is 0 Å². The Morgan fingerprint density at radius 1 is 1.12 bits per heavy atom. The first-order valence-corrected chi connectivity index (χ1v) is 4.93. The summed E-state index contributed by atoms with van der Waals surface area (Å²) in [4.78, 5) is 0. The highest BCUT2D eigenvalue weighted by molar-refractivity contribution is 4.92. The largest absolute Gasteiger partial charge is 0.394 e. The van der Waals surface area contributed by atoms with E-state index in [0.29, 0.717) is 0 Å². The van der Waals surface area contributed by atoms with Crippen molar-refractivity contribution in [3.63, 3.8) is 0 Å². The second kappa shape index (κ2) is 6.15. The van der Waals surface area contributed by atoms with Gasteiger partial charge in [-0.15, -0.1) is 6.42 Å². The van der Waals surface area contributed by atoms with Gasteiger partial charge in [0.25, 0.3) is 0 Å². The monoisotopic (exact) mass is 232 g/mol. The lowest BCUT2D eigenvalue weighted by atomic mass is 9.95. The van der Waals surface area contributed by atoms with Gasteiger partial charge in [-0.05, 0) is 0 Å². The highest BCUT2D eigenvalue weighted by Crippen LogP contribution is 2.21. The smallest absolute Gasteiger partial charge is 0.111 e. The van der Waals surface area contributed by atoms with Crippen LogP contribution in [0.25, 0.3) is 0 Å². The lowest BCUT2D eigenvalue weighted by molar-refractivity contribution is -0.238. The Kier molecular flexibility index (Phi) is 5.15. The molecule has 1 saturated heterocycles. The molecule has 0 amide bonds. The molecule has 1 aliphatic rings. The first-order chi connectivity index (χ1) is 7.61. The van der Waals surface area contributed by atoms with Crippen LogP contribution >= 0.6 is 0 Å². The molecule has 16 heavy (non-hydrogen) atoms. The summed E-state index contributed by atoms with van der Waals surface area (Å²) in [5, 5.41) is 37.4. The van der Waals surface area contributed by atoms with E-state index in [1.54, 1.807) is 0 Å². The Balaban J connectivity index is 2.54. The highest BCUT2D eigenvalue weighted by Gasteiger charge is 2.43. The van der Waals surface area contributed by atoms with Crippen LogP contribution < -0.4 is 0 Å². The van der Waals surface area contributed by atoms with E-state index in [1.807, 2.05) is 0 Å². The summed E-state index contributed by atoms with van der Waals surface area (Å²) in [5.41, 5.74) is 0. The number of ether oxygens (including phenoxy) is 2. The van der Waals surface area contributed by atoms with Crippen LogP contribution in [-0.2, 0) is 9.47 Å². The number of aliphatic hydroxyl groups is 4. The van der Waals surface area contributed by atoms with E-state index >= 15 is 0 Å². The molecule has 2 unspecified atom stereocenters. The summed E-state index contributed by atoms with van der Waals surface area (Å²) in [6, 6.07) is 0. The van der Waals surface area contributed by atoms with Crippen LogP contribution in [0, 0.1) is 12.3 Å². The summed E-state index contributed by atoms with van der Waals surface area (Å²) in [6.45, 7) is -0.392. The van der Waals surface area contributed by atoms with E-state index in [1.165, 1.54) is 0 Å². The molecule has 5 atom stereocenters. The summed E-state index contributed by atoms with van der Waals surface area (Å²) in [5.74, 6) is 2.25. The van der Waals surface area contributed by atoms with E-state index in [9.17, 15) is 15.3 Å². The van der Waals surface area contributed by atoms with Crippen molar-refractivity contribution in [3.05, 3.63) is 0 Å². The second-order valence-electron chi connectivity index (χ2n) is 3.59. The van der Waals surface area contributed by atoms with Gasteiger partial charge in [0.15, 0.2) is 0 Å². The molecule has 0 aromatic rings. The van der Waals surface area contributed by atoms with Gasteiger partial charge in [-0.1, -0.05) is 5.92 Å². The molecule has 1 aliphatic heterocycles. The van der Waals surface area contributed by atoms with Gasteiger partial charge in [-0.3, -0.25) is 0 Å². The van der Waals surface area contributed by atoms with E-state index in [0.717, 1.165) is 0 Å². The minimum atomic E-state index is -1.37. The Morgan fingerprint density at radius 2 is 1.75 bits per heavy atom. The second-order valence-corrected chi connectivity index (χ2v) is 3.59. The van der Waals surface area contributed by atoms with Gasteiger partial charge < -0.3 is 29.9 Å². The molecule has 1 fully saturated rings. The molecule has 0 aliphatic carbocycles. The topological polar surface area (TPSA) is 99.4 Å². The number of aliphatic hydroxyl groups excluding tert-OH is 4. The van der Waals surface area contributed by atoms with Crippen LogP contribution in [-0.4, -0.2) is 70.8 Å². The van der Waals surface area contributed by atoms with Crippen molar-refractivity contribution >= 4 is 0 Å². The predicted octanol–water partition coefficient (Wildman–Crippen LogP) is -2.52. The molecule has 0 radical (unpaired) electrons. The van der Waals surface area contributed by atoms with Gasteiger partial charge in [-0.2, -0.15) is 0 Å². The molecule has 0 spiro atoms. The molecule has 92 valence electrons. The van der Waals surface area contributed by atoms with Crippen LogP contribution in [0.3, 0.4) is 0 Å². The maximum Gasteiger partial charge on any atom is 0.111 e. The van der Waals surface area contributed by atoms with Gasteiger partial charge in [0.2, 0.25) is 0 Å². The van der Waals surface area contributed by atoms with Crippen LogP contribution in [0.2, 0.25) is 0 Å². The molecular weight excluding hydrogens is 216 g/mol. The third-order valence-electron chi connectivity index (χ3n) is 2.46. The maximum atomic E-state index is 9.57. The third kappa shape index (κ3) is 2.92. The van der Waals surface area contributed by atoms with Crippen LogP contribution in [0.5, 0.6) is 0 Å². The number of rotatable bonds is 4. The summed E-state index contributed by atoms with van der Waals surface area (Å²) < 4.78 is 10.1. The minimum absolute atomic E-state index is 0.00829. The van der Waals surface area contributed by atoms with Gasteiger partial charge >= 0.3 is 0 Å². The fraction of sp³-hybridized carbons (Fsp3) is 0.800. The average molecular weight is 232 g/mol. The van der Waals surface area contributed by atoms with Crippen molar-refractivity contribution in [1.29, 1.82) is 0 Å². The Morgan fingerprint density at radius 3 is 2.31 bits per heavy atom. The van der Waals surface area contributed by atoms with Crippen LogP contribution in [0.1, 0.15) is 0 Å². The zero-order valence-corrected chi connectivity index (χ0v) is 8.69. The zero-order chi connectivity index (χ0) is 12.1. The summed E-state index contributed by atoms with van der Waals surface area (Å²) >= 11 is 0. The number of terminal acetylenes is 1. The van der Waals surface area contributed by atoms with Gasteiger partial charge in [0.05, 0.1) is 13.2 Å². The van der Waals surface area contributed by atoms with Crippen molar-refractivity contribution in [2.24, 2.45) is 0 Å². The summed E-state index contributed by atoms with van der Waals surface area (Å²) in [7, 11) is 0. The van der Waals surface area contributed by atoms with E-state index in [4.69, 9.17) is 21.0 Å². The van der Waals surface area contributed by atoms with Crippen LogP contribution in [0.15, 0.2) is 0 Å². The molecule has 0 bridgehead atoms. The van der Waals surface area contributed by atoms with Crippen molar-refractivity contribution in [2.75, 3.05) is 19.8 Å². The third-order valence-corrected chi connectivity index (χ3v) is 2.46. The average Bonchev–Trinajstić information content (AvgIpc) is 2.29. The van der Waals surface area contributed by atoms with E-state index < -0.39 is 37.1 Å². The molecule has 6 heteroatoms. The van der Waals surface area contributed by atoms with Gasteiger partial charge in [0, 0.05) is 0 Å². The maximum absolute atomic E-state index is 9.57. The Bertz CT molecular complexity index is 248. The molecular formula is C10H16O6. The quantitative estimate of drug-likeness (QED) is 0.315. The molecule has 0 aromatic heterocycles. The Labute approximate surface area is 93.4 Å². The standard InChI is InChI=1S/C10H16O6/c1-2-3-15-5-7-9(13)10(14)8(12)6(4-11)16-7/h1,6-14H,3-5H2/t6?,7?,8-,9+,10-/m0/s1. The number of hydrogen-bond acceptors (Lipinski definition) is 6. The summed E-state index contributed by atoms with van der Waals surface area (Å²) in [6.07, 6.45) is -0.728. The molecule has 0 saturated carbocycles. The Hall–Kier alpha value is -0.680. The SMILES string of the molecule is C#CCOCC1OC(CO)[C@H](O)[C@H](O)[C@@H]1O. The lowest BCUT2D eigenvalue weighted by Crippen LogP contribution is -2.59. The zero-order valence-electron chi connectivity index (χ0n) is 8.69. The lowest BCUT2D eigenvalue weighted by Gasteiger charge is -2.39. The minimum Gasteiger partial charge on any atom is -0.394 e. The molecule has 1 heterocycles. The molecule has 0 aromatic carbocycles. The molecule has 1 rings (SSSR count). The van der Waals surface area contributed by atoms with Gasteiger partial charge in [0.1, 0.15) is 37.1 Å². The number of hydrogen-bond donors (Lipinski definition) is 4. The fourth-order valence-electron chi connectivity index (χ4n) is 1.55. The predicted molar refractivity (Wildman–Crippen MR) is 53.4 cm³/mol. The first kappa shape index (κ1) is 13.4. The van der Waals surface area contributed by atoms with Crippen molar-refractivity contribution < 1.29 is 29.9 Å². The van der Waals surface area contributed by atoms with Crippen LogP contribution in [0.4, 0.5) is 0 Å². The first-order valence-electron chi connectivity index (χ1n) is 4.93. The van der Waals surface area contributed by atoms with Gasteiger partial charge in [-0.25, -0.2) is 0 Å². The van der Waals surface area contributed by atoms with Crippen molar-refractivity contribution in [3.8, 4) is 12.3 Å². The van der Waals surface area contributed by atoms with Crippen molar-refractivity contribution in [2.45, 2.75) is 30.5 Å².